The van der Waals surface area contributed by atoms with Crippen molar-refractivity contribution in [2.75, 3.05) is 12.3 Å². The van der Waals surface area contributed by atoms with Gasteiger partial charge in [0.15, 0.2) is 5.12 Å². The first kappa shape index (κ1) is 13.8. The summed E-state index contributed by atoms with van der Waals surface area (Å²) in [5, 5.41) is -0.0108. The fourth-order valence-electron chi connectivity index (χ4n) is 2.04. The number of carbonyl (C=O) groups excluding carboxylic acids is 3. The lowest BCUT2D eigenvalue weighted by Gasteiger charge is -2.12. The Morgan fingerprint density at radius 1 is 1.11 bits per heavy atom. The van der Waals surface area contributed by atoms with Crippen LogP contribution in [0, 0.1) is 13.8 Å². The molecule has 0 fully saturated rings. The molecular weight excluding hydrogens is 262 g/mol. The van der Waals surface area contributed by atoms with E-state index in [0.29, 0.717) is 16.9 Å². The highest BCUT2D eigenvalue weighted by molar-refractivity contribution is 8.13. The second-order valence-corrected chi connectivity index (χ2v) is 5.86. The normalized spacial score (nSPS) is 13.9. The average Bonchev–Trinajstić information content (AvgIpc) is 2.55. The van der Waals surface area contributed by atoms with Crippen molar-refractivity contribution < 1.29 is 14.4 Å². The van der Waals surface area contributed by atoms with Gasteiger partial charge in [0, 0.05) is 19.2 Å². The number of benzene rings is 1. The molecule has 1 aromatic rings. The van der Waals surface area contributed by atoms with Crippen LogP contribution in [0.3, 0.4) is 0 Å². The van der Waals surface area contributed by atoms with E-state index in [0.717, 1.165) is 22.9 Å². The van der Waals surface area contributed by atoms with Gasteiger partial charge in [0.2, 0.25) is 0 Å². The molecule has 0 spiro atoms. The highest BCUT2D eigenvalue weighted by Gasteiger charge is 2.35. The second-order valence-electron chi connectivity index (χ2n) is 4.58. The summed E-state index contributed by atoms with van der Waals surface area (Å²) in [6.45, 7) is 5.58. The maximum absolute atomic E-state index is 12.2. The summed E-state index contributed by atoms with van der Waals surface area (Å²) in [5.74, 6) is -0.0711. The van der Waals surface area contributed by atoms with Gasteiger partial charge in [0.1, 0.15) is 0 Å². The molecule has 0 N–H and O–H groups in total. The summed E-state index contributed by atoms with van der Waals surface area (Å²) in [5.41, 5.74) is 2.95. The Kier molecular flexibility index (Phi) is 3.75. The molecule has 0 saturated heterocycles. The van der Waals surface area contributed by atoms with Crippen molar-refractivity contribution in [3.05, 3.63) is 34.4 Å². The van der Waals surface area contributed by atoms with Crippen LogP contribution in [0.1, 0.15) is 38.8 Å². The van der Waals surface area contributed by atoms with Crippen LogP contribution in [-0.4, -0.2) is 34.1 Å². The van der Waals surface area contributed by atoms with Crippen LogP contribution >= 0.6 is 11.8 Å². The molecular formula is C14H15NO3S. The maximum Gasteiger partial charge on any atom is 0.261 e. The summed E-state index contributed by atoms with van der Waals surface area (Å²) in [4.78, 5) is 36.4. The predicted molar refractivity (Wildman–Crippen MR) is 74.4 cm³/mol. The van der Waals surface area contributed by atoms with Crippen molar-refractivity contribution in [1.82, 2.24) is 4.90 Å². The lowest BCUT2D eigenvalue weighted by molar-refractivity contribution is -0.109. The summed E-state index contributed by atoms with van der Waals surface area (Å²) < 4.78 is 0. The number of hydrogen-bond acceptors (Lipinski definition) is 4. The Bertz CT molecular complexity index is 539. The molecule has 1 aliphatic heterocycles. The van der Waals surface area contributed by atoms with Gasteiger partial charge < -0.3 is 0 Å². The van der Waals surface area contributed by atoms with E-state index in [4.69, 9.17) is 0 Å². The Morgan fingerprint density at radius 3 is 2.00 bits per heavy atom. The fraction of sp³-hybridized carbons (Fsp3) is 0.357. The zero-order valence-corrected chi connectivity index (χ0v) is 12.0. The smallest absolute Gasteiger partial charge is 0.261 e. The summed E-state index contributed by atoms with van der Waals surface area (Å²) in [7, 11) is 0. The number of imide groups is 1. The number of thioether (sulfide) groups is 1. The van der Waals surface area contributed by atoms with E-state index >= 15 is 0 Å². The average molecular weight is 277 g/mol. The van der Waals surface area contributed by atoms with Gasteiger partial charge in [0.25, 0.3) is 11.8 Å². The Morgan fingerprint density at radius 2 is 1.58 bits per heavy atom. The van der Waals surface area contributed by atoms with Crippen LogP contribution in [0.15, 0.2) is 12.1 Å². The molecule has 5 heteroatoms. The van der Waals surface area contributed by atoms with Crippen molar-refractivity contribution in [1.29, 1.82) is 0 Å². The minimum atomic E-state index is -0.257. The van der Waals surface area contributed by atoms with E-state index in [-0.39, 0.29) is 23.5 Å². The summed E-state index contributed by atoms with van der Waals surface area (Å²) in [6, 6.07) is 3.53. The molecule has 1 aromatic carbocycles. The van der Waals surface area contributed by atoms with E-state index in [2.05, 4.69) is 0 Å². The first-order chi connectivity index (χ1) is 8.91. The van der Waals surface area contributed by atoms with Crippen molar-refractivity contribution in [3.63, 3.8) is 0 Å². The van der Waals surface area contributed by atoms with Crippen LogP contribution in [0.5, 0.6) is 0 Å². The molecule has 0 bridgehead atoms. The van der Waals surface area contributed by atoms with Crippen molar-refractivity contribution in [3.8, 4) is 0 Å². The van der Waals surface area contributed by atoms with E-state index in [1.165, 1.54) is 11.8 Å². The van der Waals surface area contributed by atoms with Gasteiger partial charge in [-0.15, -0.1) is 0 Å². The summed E-state index contributed by atoms with van der Waals surface area (Å²) >= 11 is 1.12. The zero-order valence-electron chi connectivity index (χ0n) is 11.1. The van der Waals surface area contributed by atoms with Gasteiger partial charge in [-0.05, 0) is 37.1 Å². The van der Waals surface area contributed by atoms with E-state index in [1.807, 2.05) is 13.8 Å². The topological polar surface area (TPSA) is 54.5 Å². The molecule has 1 aliphatic rings. The van der Waals surface area contributed by atoms with Gasteiger partial charge in [-0.2, -0.15) is 0 Å². The number of aryl methyl sites for hydroxylation is 2. The number of rotatable bonds is 3. The quantitative estimate of drug-likeness (QED) is 0.795. The molecule has 1 heterocycles. The SMILES string of the molecule is CC(=O)SCCN1C(=O)c2cc(C)c(C)cc2C1=O. The minimum absolute atomic E-state index is 0.0108. The van der Waals surface area contributed by atoms with Crippen molar-refractivity contribution in [2.45, 2.75) is 20.8 Å². The highest BCUT2D eigenvalue weighted by atomic mass is 32.2. The predicted octanol–water partition coefficient (Wildman–Crippen LogP) is 2.18. The zero-order chi connectivity index (χ0) is 14.2. The summed E-state index contributed by atoms with van der Waals surface area (Å²) in [6.07, 6.45) is 0. The highest BCUT2D eigenvalue weighted by Crippen LogP contribution is 2.26. The first-order valence-corrected chi connectivity index (χ1v) is 7.01. The third-order valence-corrected chi connectivity index (χ3v) is 4.00. The van der Waals surface area contributed by atoms with Gasteiger partial charge in [-0.25, -0.2) is 0 Å². The molecule has 0 saturated carbocycles. The van der Waals surface area contributed by atoms with Crippen LogP contribution in [0.2, 0.25) is 0 Å². The second kappa shape index (κ2) is 5.17. The van der Waals surface area contributed by atoms with Crippen molar-refractivity contribution >= 4 is 28.7 Å². The third-order valence-electron chi connectivity index (χ3n) is 3.21. The molecule has 100 valence electrons. The molecule has 19 heavy (non-hydrogen) atoms. The number of carbonyl (C=O) groups is 3. The van der Waals surface area contributed by atoms with E-state index in [1.54, 1.807) is 12.1 Å². The lowest BCUT2D eigenvalue weighted by atomic mass is 10.0. The molecule has 0 radical (unpaired) electrons. The minimum Gasteiger partial charge on any atom is -0.288 e. The molecule has 0 unspecified atom stereocenters. The van der Waals surface area contributed by atoms with Crippen LogP contribution in [-0.2, 0) is 4.79 Å². The number of hydrogen-bond donors (Lipinski definition) is 0. The standard InChI is InChI=1S/C14H15NO3S/c1-8-6-11-12(7-9(8)2)14(18)15(13(11)17)4-5-19-10(3)16/h6-7H,4-5H2,1-3H3. The van der Waals surface area contributed by atoms with Crippen LogP contribution in [0.4, 0.5) is 0 Å². The van der Waals surface area contributed by atoms with Gasteiger partial charge in [-0.3, -0.25) is 19.3 Å². The van der Waals surface area contributed by atoms with Crippen LogP contribution < -0.4 is 0 Å². The molecule has 2 amide bonds. The molecule has 4 nitrogen and oxygen atoms in total. The Labute approximate surface area is 116 Å². The largest absolute Gasteiger partial charge is 0.288 e. The fourth-order valence-corrected chi connectivity index (χ4v) is 2.60. The number of nitrogens with zero attached hydrogens (tertiary/aromatic N) is 1. The van der Waals surface area contributed by atoms with Gasteiger partial charge >= 0.3 is 0 Å². The van der Waals surface area contributed by atoms with E-state index < -0.39 is 0 Å². The monoisotopic (exact) mass is 277 g/mol. The lowest BCUT2D eigenvalue weighted by Crippen LogP contribution is -2.32. The Hall–Kier alpha value is -1.62. The molecule has 2 rings (SSSR count). The molecule has 0 aromatic heterocycles. The third kappa shape index (κ3) is 2.56. The molecule has 0 atom stereocenters. The van der Waals surface area contributed by atoms with E-state index in [9.17, 15) is 14.4 Å². The van der Waals surface area contributed by atoms with Crippen molar-refractivity contribution in [2.24, 2.45) is 0 Å². The Balaban J connectivity index is 2.22. The van der Waals surface area contributed by atoms with Gasteiger partial charge in [0.05, 0.1) is 11.1 Å². The van der Waals surface area contributed by atoms with Crippen LogP contribution in [0.25, 0.3) is 0 Å². The number of amides is 2. The number of fused-ring (bicyclic) bond motifs is 1. The van der Waals surface area contributed by atoms with Gasteiger partial charge in [-0.1, -0.05) is 11.8 Å². The molecule has 0 aliphatic carbocycles. The maximum atomic E-state index is 12.2. The first-order valence-electron chi connectivity index (χ1n) is 6.02.